The molecule has 26 heavy (non-hydrogen) atoms. The molecular weight excluding hydrogens is 354 g/mol. The van der Waals surface area contributed by atoms with Gasteiger partial charge in [0.25, 0.3) is 10.2 Å². The van der Waals surface area contributed by atoms with Gasteiger partial charge in [0.15, 0.2) is 0 Å². The van der Waals surface area contributed by atoms with Gasteiger partial charge in [0.1, 0.15) is 5.60 Å². The first-order chi connectivity index (χ1) is 12.5. The van der Waals surface area contributed by atoms with Crippen LogP contribution in [0.1, 0.15) is 24.0 Å². The van der Waals surface area contributed by atoms with Crippen LogP contribution in [-0.4, -0.2) is 36.1 Å². The topological polar surface area (TPSA) is 102 Å². The van der Waals surface area contributed by atoms with Gasteiger partial charge in [-0.1, -0.05) is 60.7 Å². The molecule has 1 aliphatic rings. The molecule has 1 fully saturated rings. The summed E-state index contributed by atoms with van der Waals surface area (Å²) in [6.45, 7) is 0.507. The van der Waals surface area contributed by atoms with E-state index in [9.17, 15) is 13.5 Å². The Morgan fingerprint density at radius 1 is 0.923 bits per heavy atom. The molecule has 0 radical (unpaired) electrons. The van der Waals surface area contributed by atoms with Gasteiger partial charge in [0.05, 0.1) is 0 Å². The average molecular weight is 377 g/mol. The van der Waals surface area contributed by atoms with E-state index < -0.39 is 15.8 Å². The minimum absolute atomic E-state index is 0.138. The molecule has 7 nitrogen and oxygen atoms in total. The van der Waals surface area contributed by atoms with Gasteiger partial charge in [-0.2, -0.15) is 12.7 Å². The highest BCUT2D eigenvalue weighted by molar-refractivity contribution is 7.87. The SMILES string of the molecule is O=S(=O)(NNO)N1CCC(C(O)(c2ccccc2)c2ccccc2)CC1. The maximum absolute atomic E-state index is 12.0. The van der Waals surface area contributed by atoms with Gasteiger partial charge in [-0.15, -0.1) is 10.4 Å². The first kappa shape index (κ1) is 19.0. The van der Waals surface area contributed by atoms with Crippen LogP contribution < -0.4 is 10.4 Å². The van der Waals surface area contributed by atoms with Crippen molar-refractivity contribution in [3.8, 4) is 0 Å². The fraction of sp³-hybridized carbons (Fsp3) is 0.333. The van der Waals surface area contributed by atoms with E-state index in [1.54, 1.807) is 0 Å². The minimum Gasteiger partial charge on any atom is -0.380 e. The summed E-state index contributed by atoms with van der Waals surface area (Å²) >= 11 is 0. The molecule has 1 saturated heterocycles. The first-order valence-corrected chi connectivity index (χ1v) is 9.92. The Kier molecular flexibility index (Phi) is 5.71. The standard InChI is InChI=1S/C18H23N3O4S/c22-18(15-7-3-1-4-8-15,16-9-5-2-6-10-16)17-11-13-21(14-12-17)26(24,25)20-19-23/h1-10,17,19-20,22-23H,11-14H2. The molecule has 0 amide bonds. The predicted octanol–water partition coefficient (Wildman–Crippen LogP) is 1.36. The third-order valence-electron chi connectivity index (χ3n) is 4.99. The van der Waals surface area contributed by atoms with E-state index in [4.69, 9.17) is 5.21 Å². The molecule has 0 bridgehead atoms. The lowest BCUT2D eigenvalue weighted by Crippen LogP contribution is -2.51. The molecule has 1 aliphatic heterocycles. The van der Waals surface area contributed by atoms with E-state index in [-0.39, 0.29) is 19.0 Å². The lowest BCUT2D eigenvalue weighted by Gasteiger charge is -2.41. The van der Waals surface area contributed by atoms with E-state index in [0.717, 1.165) is 11.1 Å². The van der Waals surface area contributed by atoms with Crippen LogP contribution in [0.15, 0.2) is 60.7 Å². The second-order valence-corrected chi connectivity index (χ2v) is 8.06. The number of benzene rings is 2. The Bertz CT molecular complexity index is 767. The summed E-state index contributed by atoms with van der Waals surface area (Å²) in [5.74, 6) is -0.138. The maximum Gasteiger partial charge on any atom is 0.294 e. The van der Waals surface area contributed by atoms with E-state index in [1.165, 1.54) is 9.89 Å². The summed E-state index contributed by atoms with van der Waals surface area (Å²) in [6.07, 6.45) is 0.985. The van der Waals surface area contributed by atoms with Crippen molar-refractivity contribution < 1.29 is 18.7 Å². The zero-order valence-corrected chi connectivity index (χ0v) is 15.1. The van der Waals surface area contributed by atoms with Crippen molar-refractivity contribution in [1.82, 2.24) is 14.7 Å². The highest BCUT2D eigenvalue weighted by atomic mass is 32.2. The van der Waals surface area contributed by atoms with Crippen LogP contribution in [0.4, 0.5) is 0 Å². The Labute approximate surface area is 153 Å². The molecule has 0 unspecified atom stereocenters. The number of hydrogen-bond acceptors (Lipinski definition) is 5. The number of piperidine rings is 1. The van der Waals surface area contributed by atoms with Crippen LogP contribution in [0, 0.1) is 5.92 Å². The molecule has 1 heterocycles. The minimum atomic E-state index is -3.79. The van der Waals surface area contributed by atoms with Gasteiger partial charge in [0.2, 0.25) is 0 Å². The highest BCUT2D eigenvalue weighted by Gasteiger charge is 2.42. The highest BCUT2D eigenvalue weighted by Crippen LogP contribution is 2.42. The molecule has 0 atom stereocenters. The molecular formula is C18H23N3O4S. The van der Waals surface area contributed by atoms with Crippen LogP contribution in [-0.2, 0) is 15.8 Å². The zero-order chi connectivity index (χ0) is 18.6. The van der Waals surface area contributed by atoms with Gasteiger partial charge in [-0.25, -0.2) is 0 Å². The number of aliphatic hydroxyl groups is 1. The van der Waals surface area contributed by atoms with Crippen molar-refractivity contribution in [3.05, 3.63) is 71.8 Å². The molecule has 3 rings (SSSR count). The van der Waals surface area contributed by atoms with Gasteiger partial charge in [-0.3, -0.25) is 0 Å². The van der Waals surface area contributed by atoms with Gasteiger partial charge in [-0.05, 0) is 29.9 Å². The van der Waals surface area contributed by atoms with E-state index >= 15 is 0 Å². The number of rotatable bonds is 6. The Morgan fingerprint density at radius 2 is 1.38 bits per heavy atom. The fourth-order valence-electron chi connectivity index (χ4n) is 3.66. The maximum atomic E-state index is 12.0. The summed E-state index contributed by atoms with van der Waals surface area (Å²) in [7, 11) is -3.79. The molecule has 0 aromatic heterocycles. The molecule has 0 spiro atoms. The number of nitrogens with one attached hydrogen (secondary N) is 2. The molecule has 4 N–H and O–H groups in total. The van der Waals surface area contributed by atoms with Crippen LogP contribution in [0.2, 0.25) is 0 Å². The summed E-state index contributed by atoms with van der Waals surface area (Å²) < 4.78 is 25.3. The predicted molar refractivity (Wildman–Crippen MR) is 97.2 cm³/mol. The van der Waals surface area contributed by atoms with Crippen molar-refractivity contribution in [2.75, 3.05) is 13.1 Å². The molecule has 2 aromatic rings. The molecule has 8 heteroatoms. The van der Waals surface area contributed by atoms with Crippen LogP contribution in [0.25, 0.3) is 0 Å². The summed E-state index contributed by atoms with van der Waals surface area (Å²) in [6, 6.07) is 18.9. The van der Waals surface area contributed by atoms with Gasteiger partial charge in [0, 0.05) is 13.1 Å². The molecule has 0 saturated carbocycles. The van der Waals surface area contributed by atoms with E-state index in [0.29, 0.717) is 12.8 Å². The first-order valence-electron chi connectivity index (χ1n) is 8.48. The molecule has 140 valence electrons. The van der Waals surface area contributed by atoms with Crippen molar-refractivity contribution in [2.24, 2.45) is 5.92 Å². The Hall–Kier alpha value is -1.81. The smallest absolute Gasteiger partial charge is 0.294 e. The monoisotopic (exact) mass is 377 g/mol. The quantitative estimate of drug-likeness (QED) is 0.570. The summed E-state index contributed by atoms with van der Waals surface area (Å²) in [4.78, 5) is 1.85. The zero-order valence-electron chi connectivity index (χ0n) is 14.2. The van der Waals surface area contributed by atoms with Crippen molar-refractivity contribution in [1.29, 1.82) is 0 Å². The lowest BCUT2D eigenvalue weighted by atomic mass is 9.72. The van der Waals surface area contributed by atoms with Crippen molar-refractivity contribution in [2.45, 2.75) is 18.4 Å². The number of hydrogen-bond donors (Lipinski definition) is 4. The third-order valence-corrected chi connectivity index (χ3v) is 6.38. The van der Waals surface area contributed by atoms with Crippen LogP contribution >= 0.6 is 0 Å². The second-order valence-electron chi connectivity index (χ2n) is 6.39. The van der Waals surface area contributed by atoms with E-state index in [2.05, 4.69) is 0 Å². The third kappa shape index (κ3) is 3.66. The summed E-state index contributed by atoms with van der Waals surface area (Å²) in [5, 5.41) is 20.3. The van der Waals surface area contributed by atoms with Crippen LogP contribution in [0.3, 0.4) is 0 Å². The number of nitrogens with zero attached hydrogens (tertiary/aromatic N) is 1. The van der Waals surface area contributed by atoms with Crippen molar-refractivity contribution in [3.63, 3.8) is 0 Å². The summed E-state index contributed by atoms with van der Waals surface area (Å²) in [5.41, 5.74) is 1.86. The lowest BCUT2D eigenvalue weighted by molar-refractivity contribution is -0.00567. The van der Waals surface area contributed by atoms with E-state index in [1.807, 2.05) is 65.5 Å². The van der Waals surface area contributed by atoms with Crippen molar-refractivity contribution >= 4 is 10.2 Å². The van der Waals surface area contributed by atoms with Crippen LogP contribution in [0.5, 0.6) is 0 Å². The average Bonchev–Trinajstić information content (AvgIpc) is 2.69. The Balaban J connectivity index is 1.89. The van der Waals surface area contributed by atoms with Gasteiger partial charge >= 0.3 is 0 Å². The largest absolute Gasteiger partial charge is 0.380 e. The molecule has 2 aromatic carbocycles. The normalized spacial score (nSPS) is 17.3. The molecule has 0 aliphatic carbocycles. The van der Waals surface area contributed by atoms with Gasteiger partial charge < -0.3 is 10.3 Å². The second kappa shape index (κ2) is 7.83. The number of hydrazine groups is 1. The Morgan fingerprint density at radius 3 is 1.81 bits per heavy atom. The fourth-order valence-corrected chi connectivity index (χ4v) is 4.59.